The van der Waals surface area contributed by atoms with Gasteiger partial charge in [-0.25, -0.2) is 14.3 Å². The van der Waals surface area contributed by atoms with Crippen molar-refractivity contribution in [1.29, 1.82) is 0 Å². The first-order valence-corrected chi connectivity index (χ1v) is 7.46. The number of aryl methyl sites for hydroxylation is 1. The molecule has 1 saturated heterocycles. The zero-order valence-electron chi connectivity index (χ0n) is 12.8. The highest BCUT2D eigenvalue weighted by Crippen LogP contribution is 2.34. The second-order valence-electron chi connectivity index (χ2n) is 5.76. The molecule has 7 heteroatoms. The second kappa shape index (κ2) is 5.23. The fourth-order valence-electron chi connectivity index (χ4n) is 2.92. The van der Waals surface area contributed by atoms with Crippen molar-refractivity contribution in [3.8, 4) is 0 Å². The van der Waals surface area contributed by atoms with Crippen LogP contribution in [0, 0.1) is 12.7 Å². The molecule has 2 aromatic rings. The predicted molar refractivity (Wildman–Crippen MR) is 85.0 cm³/mol. The van der Waals surface area contributed by atoms with Gasteiger partial charge < -0.3 is 0 Å². The first-order chi connectivity index (χ1) is 11.6. The maximum atomic E-state index is 13.1. The van der Waals surface area contributed by atoms with Crippen LogP contribution in [0.2, 0.25) is 0 Å². The van der Waals surface area contributed by atoms with Gasteiger partial charge >= 0.3 is 0 Å². The molecule has 1 fully saturated rings. The van der Waals surface area contributed by atoms with E-state index < -0.39 is 29.7 Å². The van der Waals surface area contributed by atoms with E-state index in [0.717, 1.165) is 10.5 Å². The van der Waals surface area contributed by atoms with Crippen molar-refractivity contribution in [3.05, 3.63) is 59.9 Å². The molecule has 0 radical (unpaired) electrons. The van der Waals surface area contributed by atoms with Crippen LogP contribution in [0.15, 0.2) is 58.9 Å². The van der Waals surface area contributed by atoms with Crippen molar-refractivity contribution in [2.75, 3.05) is 9.91 Å². The van der Waals surface area contributed by atoms with Crippen LogP contribution in [0.1, 0.15) is 5.56 Å². The van der Waals surface area contributed by atoms with E-state index in [-0.39, 0.29) is 0 Å². The van der Waals surface area contributed by atoms with E-state index in [4.69, 9.17) is 0 Å². The van der Waals surface area contributed by atoms with Crippen molar-refractivity contribution in [3.63, 3.8) is 0 Å². The smallest absolute Gasteiger partial charge is 0.263 e. The Morgan fingerprint density at radius 2 is 1.54 bits per heavy atom. The standard InChI is InChI=1S/C17H13FN4O2/c1-10-2-6-13(7-3-10)22-15-14(19-20-22)16(23)21(17(15)24)12-8-4-11(18)5-9-12/h2-9,14-15H,1H3/t14-,15+/m1/s1. The third-order valence-corrected chi connectivity index (χ3v) is 4.17. The Labute approximate surface area is 137 Å². The SMILES string of the molecule is Cc1ccc(N2N=N[C@H]3C(=O)N(c4ccc(F)cc4)C(=O)[C@H]32)cc1. The summed E-state index contributed by atoms with van der Waals surface area (Å²) in [6.07, 6.45) is 0. The Morgan fingerprint density at radius 1 is 0.917 bits per heavy atom. The summed E-state index contributed by atoms with van der Waals surface area (Å²) in [6.45, 7) is 1.96. The van der Waals surface area contributed by atoms with Gasteiger partial charge in [-0.3, -0.25) is 9.59 Å². The third kappa shape index (κ3) is 2.09. The molecule has 0 aliphatic carbocycles. The lowest BCUT2D eigenvalue weighted by molar-refractivity contribution is -0.121. The lowest BCUT2D eigenvalue weighted by Crippen LogP contribution is -2.39. The molecule has 2 aromatic carbocycles. The highest BCUT2D eigenvalue weighted by Gasteiger charge is 2.55. The zero-order chi connectivity index (χ0) is 16.8. The number of hydrogen-bond donors (Lipinski definition) is 0. The van der Waals surface area contributed by atoms with Crippen LogP contribution in [-0.4, -0.2) is 23.9 Å². The fraction of sp³-hybridized carbons (Fsp3) is 0.176. The van der Waals surface area contributed by atoms with Crippen LogP contribution >= 0.6 is 0 Å². The third-order valence-electron chi connectivity index (χ3n) is 4.17. The maximum absolute atomic E-state index is 13.1. The molecule has 4 rings (SSSR count). The van der Waals surface area contributed by atoms with Crippen LogP contribution in [0.25, 0.3) is 0 Å². The minimum Gasteiger partial charge on any atom is -0.271 e. The molecule has 2 atom stereocenters. The molecule has 0 N–H and O–H groups in total. The van der Waals surface area contributed by atoms with Gasteiger partial charge in [-0.15, -0.1) is 0 Å². The van der Waals surface area contributed by atoms with Crippen molar-refractivity contribution in [1.82, 2.24) is 0 Å². The zero-order valence-corrected chi connectivity index (χ0v) is 12.8. The number of fused-ring (bicyclic) bond motifs is 1. The number of carbonyl (C=O) groups is 2. The molecule has 0 saturated carbocycles. The van der Waals surface area contributed by atoms with Gasteiger partial charge in [0.15, 0.2) is 12.1 Å². The normalized spacial score (nSPS) is 22.4. The number of halogens is 1. The van der Waals surface area contributed by atoms with Gasteiger partial charge in [0.2, 0.25) is 0 Å². The number of nitrogens with zero attached hydrogens (tertiary/aromatic N) is 4. The van der Waals surface area contributed by atoms with E-state index in [2.05, 4.69) is 10.3 Å². The van der Waals surface area contributed by atoms with Gasteiger partial charge in [-0.1, -0.05) is 22.9 Å². The van der Waals surface area contributed by atoms with E-state index in [1.165, 1.54) is 29.3 Å². The van der Waals surface area contributed by atoms with Crippen LogP contribution in [0.5, 0.6) is 0 Å². The topological polar surface area (TPSA) is 65.3 Å². The number of hydrogen-bond acceptors (Lipinski definition) is 5. The Kier molecular flexibility index (Phi) is 3.16. The largest absolute Gasteiger partial charge is 0.271 e. The van der Waals surface area contributed by atoms with Crippen molar-refractivity contribution in [2.45, 2.75) is 19.0 Å². The van der Waals surface area contributed by atoms with Gasteiger partial charge in [-0.05, 0) is 43.3 Å². The predicted octanol–water partition coefficient (Wildman–Crippen LogP) is 2.63. The van der Waals surface area contributed by atoms with Crippen LogP contribution < -0.4 is 9.91 Å². The first kappa shape index (κ1) is 14.5. The van der Waals surface area contributed by atoms with Crippen LogP contribution in [0.4, 0.5) is 15.8 Å². The molecule has 2 aliphatic heterocycles. The lowest BCUT2D eigenvalue weighted by atomic mass is 10.1. The van der Waals surface area contributed by atoms with Gasteiger partial charge in [-0.2, -0.15) is 5.11 Å². The van der Waals surface area contributed by atoms with E-state index in [9.17, 15) is 14.0 Å². The molecule has 2 aliphatic rings. The van der Waals surface area contributed by atoms with E-state index in [1.807, 2.05) is 31.2 Å². The quantitative estimate of drug-likeness (QED) is 0.798. The summed E-state index contributed by atoms with van der Waals surface area (Å²) in [5.41, 5.74) is 2.10. The number of imide groups is 1. The Balaban J connectivity index is 1.69. The molecule has 0 unspecified atom stereocenters. The average Bonchev–Trinajstić information content (AvgIpc) is 3.11. The number of benzene rings is 2. The fourth-order valence-corrected chi connectivity index (χ4v) is 2.92. The molecule has 2 heterocycles. The number of carbonyl (C=O) groups excluding carboxylic acids is 2. The highest BCUT2D eigenvalue weighted by molar-refractivity contribution is 6.26. The molecule has 2 amide bonds. The Hall–Kier alpha value is -3.09. The van der Waals surface area contributed by atoms with Crippen molar-refractivity contribution in [2.24, 2.45) is 10.3 Å². The van der Waals surface area contributed by atoms with E-state index in [1.54, 1.807) is 0 Å². The molecule has 0 aromatic heterocycles. The summed E-state index contributed by atoms with van der Waals surface area (Å²) < 4.78 is 13.1. The lowest BCUT2D eigenvalue weighted by Gasteiger charge is -2.20. The average molecular weight is 324 g/mol. The van der Waals surface area contributed by atoms with Gasteiger partial charge in [0, 0.05) is 0 Å². The Bertz CT molecular complexity index is 848. The Morgan fingerprint density at radius 3 is 2.21 bits per heavy atom. The molecule has 0 spiro atoms. The molecular weight excluding hydrogens is 311 g/mol. The molecular formula is C17H13FN4O2. The summed E-state index contributed by atoms with van der Waals surface area (Å²) in [7, 11) is 0. The molecule has 120 valence electrons. The number of amides is 2. The van der Waals surface area contributed by atoms with E-state index >= 15 is 0 Å². The van der Waals surface area contributed by atoms with Gasteiger partial charge in [0.1, 0.15) is 5.82 Å². The number of anilines is 2. The minimum absolute atomic E-state index is 0.333. The monoisotopic (exact) mass is 324 g/mol. The molecule has 6 nitrogen and oxygen atoms in total. The van der Waals surface area contributed by atoms with Crippen LogP contribution in [-0.2, 0) is 9.59 Å². The second-order valence-corrected chi connectivity index (χ2v) is 5.76. The number of rotatable bonds is 2. The van der Waals surface area contributed by atoms with E-state index in [0.29, 0.717) is 11.4 Å². The summed E-state index contributed by atoms with van der Waals surface area (Å²) in [5.74, 6) is -1.30. The van der Waals surface area contributed by atoms with Crippen molar-refractivity contribution >= 4 is 23.2 Å². The van der Waals surface area contributed by atoms with Gasteiger partial charge in [0.25, 0.3) is 11.8 Å². The first-order valence-electron chi connectivity index (χ1n) is 7.46. The molecule has 0 bridgehead atoms. The van der Waals surface area contributed by atoms with Gasteiger partial charge in [0.05, 0.1) is 11.4 Å². The van der Waals surface area contributed by atoms with Crippen molar-refractivity contribution < 1.29 is 14.0 Å². The maximum Gasteiger partial charge on any atom is 0.263 e. The summed E-state index contributed by atoms with van der Waals surface area (Å²) in [6, 6.07) is 11.0. The summed E-state index contributed by atoms with van der Waals surface area (Å²) in [5, 5.41) is 9.43. The van der Waals surface area contributed by atoms with Crippen LogP contribution in [0.3, 0.4) is 0 Å². The summed E-state index contributed by atoms with van der Waals surface area (Å²) in [4.78, 5) is 26.4. The highest BCUT2D eigenvalue weighted by atomic mass is 19.1. The minimum atomic E-state index is -0.871. The summed E-state index contributed by atoms with van der Waals surface area (Å²) >= 11 is 0. The molecule has 24 heavy (non-hydrogen) atoms.